The Balaban J connectivity index is 2.20. The van der Waals surface area contributed by atoms with Crippen LogP contribution >= 0.6 is 0 Å². The van der Waals surface area contributed by atoms with Crippen molar-refractivity contribution in [2.75, 3.05) is 13.7 Å². The van der Waals surface area contributed by atoms with E-state index < -0.39 is 0 Å². The number of rotatable bonds is 5. The van der Waals surface area contributed by atoms with Crippen LogP contribution in [0.1, 0.15) is 46.1 Å². The molecule has 1 heterocycles. The highest BCUT2D eigenvalue weighted by molar-refractivity contribution is 5.64. The molecule has 0 saturated carbocycles. The molecule has 1 aromatic carbocycles. The normalized spacial score (nSPS) is 22.1. The minimum Gasteiger partial charge on any atom is -0.382 e. The predicted octanol–water partition coefficient (Wildman–Crippen LogP) is 3.63. The zero-order valence-corrected chi connectivity index (χ0v) is 14.9. The second kappa shape index (κ2) is 7.04. The third kappa shape index (κ3) is 4.34. The summed E-state index contributed by atoms with van der Waals surface area (Å²) in [6.45, 7) is 8.66. The van der Waals surface area contributed by atoms with Gasteiger partial charge in [-0.1, -0.05) is 30.3 Å². The first-order chi connectivity index (χ1) is 10.8. The molecular formula is C19H29N2O2. The summed E-state index contributed by atoms with van der Waals surface area (Å²) < 4.78 is 5.21. The van der Waals surface area contributed by atoms with Crippen molar-refractivity contribution in [3.8, 4) is 0 Å². The largest absolute Gasteiger partial charge is 0.382 e. The number of ether oxygens (including phenoxy) is 1. The fourth-order valence-electron chi connectivity index (χ4n) is 3.63. The number of nitrogens with zero attached hydrogens (tertiary/aromatic N) is 1. The van der Waals surface area contributed by atoms with Gasteiger partial charge in [-0.05, 0) is 52.2 Å². The molecule has 1 saturated heterocycles. The summed E-state index contributed by atoms with van der Waals surface area (Å²) in [5.74, 6) is 0. The van der Waals surface area contributed by atoms with Crippen LogP contribution in [0.3, 0.4) is 0 Å². The Morgan fingerprint density at radius 2 is 1.78 bits per heavy atom. The molecule has 0 amide bonds. The lowest BCUT2D eigenvalue weighted by atomic mass is 9.79. The molecule has 1 radical (unpaired) electrons. The summed E-state index contributed by atoms with van der Waals surface area (Å²) in [5.41, 5.74) is 1.47. The van der Waals surface area contributed by atoms with Crippen molar-refractivity contribution in [1.29, 1.82) is 0 Å². The van der Waals surface area contributed by atoms with E-state index in [9.17, 15) is 5.21 Å². The maximum absolute atomic E-state index is 12.5. The highest BCUT2D eigenvalue weighted by atomic mass is 16.5. The molecule has 0 aliphatic carbocycles. The first-order valence-corrected chi connectivity index (χ1v) is 8.25. The monoisotopic (exact) mass is 317 g/mol. The van der Waals surface area contributed by atoms with Crippen molar-refractivity contribution in [3.63, 3.8) is 0 Å². The Labute approximate surface area is 140 Å². The first-order valence-electron chi connectivity index (χ1n) is 8.25. The Kier molecular flexibility index (Phi) is 5.50. The summed E-state index contributed by atoms with van der Waals surface area (Å²) in [4.78, 5) is 0. The van der Waals surface area contributed by atoms with Crippen LogP contribution in [-0.4, -0.2) is 35.9 Å². The Bertz CT molecular complexity index is 520. The van der Waals surface area contributed by atoms with Crippen LogP contribution in [0.4, 0.5) is 0 Å². The molecule has 0 unspecified atom stereocenters. The molecular weight excluding hydrogens is 288 g/mol. The molecule has 2 rings (SSSR count). The fourth-order valence-corrected chi connectivity index (χ4v) is 3.63. The van der Waals surface area contributed by atoms with Crippen LogP contribution in [0.25, 0.3) is 5.70 Å². The topological polar surface area (TPSA) is 44.4 Å². The molecule has 0 atom stereocenters. The van der Waals surface area contributed by atoms with E-state index in [1.807, 2.05) is 45.9 Å². The van der Waals surface area contributed by atoms with Gasteiger partial charge in [0.25, 0.3) is 0 Å². The van der Waals surface area contributed by atoms with Crippen molar-refractivity contribution >= 4 is 5.70 Å². The summed E-state index contributed by atoms with van der Waals surface area (Å²) in [7, 11) is 1.70. The fraction of sp³-hybridized carbons (Fsp3) is 0.579. The van der Waals surface area contributed by atoms with E-state index in [0.717, 1.165) is 24.1 Å². The number of hydroxylamine groups is 2. The number of hydrogen-bond acceptors (Lipinski definition) is 3. The standard InChI is InChI=1S/C19H29N2O2/c1-18(2)13-16(14-19(3,4)21(18)22)20-17(11-12-23-5)15-9-7-6-8-10-15/h6-11,16,20H,12-14H2,1-5H3/b17-11-. The molecule has 4 heteroatoms. The quantitative estimate of drug-likeness (QED) is 0.902. The first kappa shape index (κ1) is 18.0. The predicted molar refractivity (Wildman–Crippen MR) is 93.1 cm³/mol. The van der Waals surface area contributed by atoms with E-state index in [-0.39, 0.29) is 17.1 Å². The number of hydrogen-bond donors (Lipinski definition) is 1. The van der Waals surface area contributed by atoms with Crippen LogP contribution in [0.2, 0.25) is 0 Å². The van der Waals surface area contributed by atoms with Crippen LogP contribution in [0.15, 0.2) is 36.4 Å². The van der Waals surface area contributed by atoms with Gasteiger partial charge in [-0.15, -0.1) is 10.3 Å². The van der Waals surface area contributed by atoms with Gasteiger partial charge >= 0.3 is 0 Å². The van der Waals surface area contributed by atoms with Crippen molar-refractivity contribution in [2.45, 2.75) is 57.7 Å². The molecule has 4 nitrogen and oxygen atoms in total. The van der Waals surface area contributed by atoms with E-state index in [0.29, 0.717) is 6.61 Å². The zero-order chi connectivity index (χ0) is 17.1. The Hall–Kier alpha value is -1.36. The highest BCUT2D eigenvalue weighted by Gasteiger charge is 2.46. The second-order valence-corrected chi connectivity index (χ2v) is 7.61. The summed E-state index contributed by atoms with van der Waals surface area (Å²) in [6, 6.07) is 10.5. The van der Waals surface area contributed by atoms with Crippen molar-refractivity contribution in [3.05, 3.63) is 42.0 Å². The van der Waals surface area contributed by atoms with Gasteiger partial charge in [0.1, 0.15) is 0 Å². The Morgan fingerprint density at radius 3 is 2.30 bits per heavy atom. The second-order valence-electron chi connectivity index (χ2n) is 7.61. The summed E-state index contributed by atoms with van der Waals surface area (Å²) >= 11 is 0. The van der Waals surface area contributed by atoms with Crippen LogP contribution in [0.5, 0.6) is 0 Å². The molecule has 1 aliphatic heterocycles. The van der Waals surface area contributed by atoms with Gasteiger partial charge in [0, 0.05) is 29.9 Å². The molecule has 127 valence electrons. The number of nitrogens with one attached hydrogen (secondary N) is 1. The van der Waals surface area contributed by atoms with Crippen LogP contribution in [0, 0.1) is 0 Å². The lowest BCUT2D eigenvalue weighted by molar-refractivity contribution is -0.289. The molecule has 0 bridgehead atoms. The molecule has 1 aliphatic rings. The molecule has 1 N–H and O–H groups in total. The van der Waals surface area contributed by atoms with Gasteiger partial charge in [-0.3, -0.25) is 0 Å². The average molecular weight is 317 g/mol. The SMILES string of the molecule is COC/C=C(\NC1CC(C)(C)N([O])C(C)(C)C1)c1ccccc1. The molecule has 23 heavy (non-hydrogen) atoms. The van der Waals surface area contributed by atoms with E-state index in [2.05, 4.69) is 23.5 Å². The van der Waals surface area contributed by atoms with Crippen molar-refractivity contribution < 1.29 is 9.94 Å². The highest BCUT2D eigenvalue weighted by Crippen LogP contribution is 2.37. The van der Waals surface area contributed by atoms with Crippen LogP contribution in [-0.2, 0) is 9.94 Å². The summed E-state index contributed by atoms with van der Waals surface area (Å²) in [6.07, 6.45) is 3.70. The third-order valence-electron chi connectivity index (χ3n) is 4.49. The Morgan fingerprint density at radius 1 is 1.22 bits per heavy atom. The maximum atomic E-state index is 12.5. The molecule has 0 spiro atoms. The van der Waals surface area contributed by atoms with Gasteiger partial charge in [0.05, 0.1) is 6.61 Å². The van der Waals surface area contributed by atoms with Crippen molar-refractivity contribution in [1.82, 2.24) is 10.4 Å². The smallest absolute Gasteiger partial charge is 0.0666 e. The molecule has 0 aromatic heterocycles. The third-order valence-corrected chi connectivity index (χ3v) is 4.49. The maximum Gasteiger partial charge on any atom is 0.0666 e. The van der Waals surface area contributed by atoms with Gasteiger partial charge in [0.15, 0.2) is 0 Å². The van der Waals surface area contributed by atoms with Gasteiger partial charge in [-0.25, -0.2) is 0 Å². The van der Waals surface area contributed by atoms with Gasteiger partial charge in [-0.2, -0.15) is 0 Å². The average Bonchev–Trinajstić information content (AvgIpc) is 2.49. The zero-order valence-electron chi connectivity index (χ0n) is 14.9. The molecule has 1 fully saturated rings. The van der Waals surface area contributed by atoms with Crippen LogP contribution < -0.4 is 5.32 Å². The lowest BCUT2D eigenvalue weighted by Crippen LogP contribution is -2.61. The van der Waals surface area contributed by atoms with Gasteiger partial charge < -0.3 is 10.1 Å². The lowest BCUT2D eigenvalue weighted by Gasteiger charge is -2.50. The van der Waals surface area contributed by atoms with E-state index >= 15 is 0 Å². The minimum absolute atomic E-state index is 0.258. The van der Waals surface area contributed by atoms with E-state index in [4.69, 9.17) is 4.74 Å². The van der Waals surface area contributed by atoms with Gasteiger partial charge in [0.2, 0.25) is 0 Å². The number of piperidine rings is 1. The minimum atomic E-state index is -0.373. The number of benzene rings is 1. The van der Waals surface area contributed by atoms with Crippen molar-refractivity contribution in [2.24, 2.45) is 0 Å². The van der Waals surface area contributed by atoms with E-state index in [1.165, 1.54) is 5.06 Å². The summed E-state index contributed by atoms with van der Waals surface area (Å²) in [5, 5.41) is 17.4. The van der Waals surface area contributed by atoms with E-state index in [1.54, 1.807) is 7.11 Å². The molecule has 1 aromatic rings. The number of methoxy groups -OCH3 is 1.